The summed E-state index contributed by atoms with van der Waals surface area (Å²) in [6.07, 6.45) is 10.8. The number of Topliss-reactive ketones (excluding diaryl/α,β-unsaturated/α-hetero) is 3. The first-order valence-corrected chi connectivity index (χ1v) is 16.1. The second-order valence-corrected chi connectivity index (χ2v) is 13.9. The van der Waals surface area contributed by atoms with Crippen LogP contribution in [0.1, 0.15) is 107 Å². The predicted molar refractivity (Wildman–Crippen MR) is 167 cm³/mol. The van der Waals surface area contributed by atoms with Crippen LogP contribution in [-0.2, 0) is 27.3 Å². The highest BCUT2D eigenvalue weighted by Crippen LogP contribution is 2.62. The first-order chi connectivity index (χ1) is 20.9. The zero-order chi connectivity index (χ0) is 31.4. The highest BCUT2D eigenvalue weighted by atomic mass is 16.2. The Morgan fingerprint density at radius 2 is 1.80 bits per heavy atom. The SMILES string of the molecule is CCC(=O)[C@@H]1C[C@]23CCC(=O)C(C)(C)CCCCCc4cc(-c5cnc(C)cn5)cc5c(C(C)=O)nn(c45)CC(=O)N1[C@@H]2C3. The van der Waals surface area contributed by atoms with Gasteiger partial charge in [0.1, 0.15) is 18.0 Å². The van der Waals surface area contributed by atoms with Crippen LogP contribution >= 0.6 is 0 Å². The van der Waals surface area contributed by atoms with Crippen molar-refractivity contribution in [3.05, 3.63) is 41.5 Å². The Kier molecular flexibility index (Phi) is 7.79. The average molecular weight is 598 g/mol. The summed E-state index contributed by atoms with van der Waals surface area (Å²) in [4.78, 5) is 64.4. The molecular weight excluding hydrogens is 554 g/mol. The van der Waals surface area contributed by atoms with E-state index in [0.717, 1.165) is 60.9 Å². The number of carbonyl (C=O) groups excluding carboxylic acids is 4. The average Bonchev–Trinajstić information content (AvgIpc) is 3.40. The smallest absolute Gasteiger partial charge is 0.245 e. The van der Waals surface area contributed by atoms with Gasteiger partial charge in [-0.05, 0) is 68.6 Å². The fraction of sp³-hybridized carbons (Fsp3) is 0.571. The molecular formula is C35H43N5O4. The van der Waals surface area contributed by atoms with Crippen LogP contribution in [0.2, 0.25) is 0 Å². The summed E-state index contributed by atoms with van der Waals surface area (Å²) in [6.45, 7) is 9.29. The number of hydrogen-bond donors (Lipinski definition) is 0. The largest absolute Gasteiger partial charge is 0.327 e. The molecule has 2 fully saturated rings. The normalized spacial score (nSPS) is 25.5. The van der Waals surface area contributed by atoms with Gasteiger partial charge in [0.15, 0.2) is 11.6 Å². The molecule has 0 unspecified atom stereocenters. The molecule has 3 aromatic rings. The lowest BCUT2D eigenvalue weighted by Gasteiger charge is -2.26. The number of aryl methyl sites for hydroxylation is 2. The van der Waals surface area contributed by atoms with Crippen molar-refractivity contribution in [2.24, 2.45) is 10.8 Å². The highest BCUT2D eigenvalue weighted by Gasteiger charge is 2.66. The highest BCUT2D eigenvalue weighted by molar-refractivity contribution is 6.07. The van der Waals surface area contributed by atoms with E-state index < -0.39 is 11.5 Å². The van der Waals surface area contributed by atoms with Crippen LogP contribution in [0.5, 0.6) is 0 Å². The molecule has 232 valence electrons. The number of nitrogens with zero attached hydrogens (tertiary/aromatic N) is 5. The van der Waals surface area contributed by atoms with Gasteiger partial charge in [0.2, 0.25) is 5.91 Å². The Labute approximate surface area is 258 Å². The van der Waals surface area contributed by atoms with Gasteiger partial charge in [-0.3, -0.25) is 33.8 Å². The van der Waals surface area contributed by atoms with Crippen molar-refractivity contribution in [2.75, 3.05) is 0 Å². The third-order valence-electron chi connectivity index (χ3n) is 10.4. The minimum absolute atomic E-state index is 0.0395. The first-order valence-electron chi connectivity index (χ1n) is 16.1. The number of aromatic nitrogens is 4. The maximum absolute atomic E-state index is 14.1. The monoisotopic (exact) mass is 597 g/mol. The molecule has 9 nitrogen and oxygen atoms in total. The van der Waals surface area contributed by atoms with E-state index in [-0.39, 0.29) is 41.3 Å². The molecule has 2 bridgehead atoms. The quantitative estimate of drug-likeness (QED) is 0.347. The van der Waals surface area contributed by atoms with E-state index in [1.807, 2.05) is 19.9 Å². The summed E-state index contributed by atoms with van der Waals surface area (Å²) in [7, 11) is 0. The Bertz CT molecular complexity index is 1660. The van der Waals surface area contributed by atoms with Crippen LogP contribution in [0.4, 0.5) is 0 Å². The van der Waals surface area contributed by atoms with Crippen LogP contribution in [-0.4, -0.2) is 60.0 Å². The van der Waals surface area contributed by atoms with E-state index in [2.05, 4.69) is 29.9 Å². The zero-order valence-electron chi connectivity index (χ0n) is 26.6. The zero-order valence-corrected chi connectivity index (χ0v) is 26.6. The van der Waals surface area contributed by atoms with Crippen molar-refractivity contribution < 1.29 is 19.2 Å². The van der Waals surface area contributed by atoms with Gasteiger partial charge in [-0.1, -0.05) is 33.6 Å². The number of benzene rings is 1. The van der Waals surface area contributed by atoms with Gasteiger partial charge in [-0.25, -0.2) is 0 Å². The van der Waals surface area contributed by atoms with Crippen molar-refractivity contribution >= 4 is 34.2 Å². The van der Waals surface area contributed by atoms with Crippen molar-refractivity contribution in [1.82, 2.24) is 24.6 Å². The summed E-state index contributed by atoms with van der Waals surface area (Å²) in [5.41, 5.74) is 3.90. The number of rotatable bonds is 4. The van der Waals surface area contributed by atoms with Gasteiger partial charge in [-0.15, -0.1) is 0 Å². The maximum Gasteiger partial charge on any atom is 0.245 e. The molecule has 0 N–H and O–H groups in total. The summed E-state index contributed by atoms with van der Waals surface area (Å²) in [5.74, 6) is 0.00611. The first kappa shape index (κ1) is 30.3. The summed E-state index contributed by atoms with van der Waals surface area (Å²) < 4.78 is 1.69. The Hall–Kier alpha value is -3.75. The summed E-state index contributed by atoms with van der Waals surface area (Å²) in [5, 5.41) is 5.43. The topological polar surface area (TPSA) is 115 Å². The fourth-order valence-electron chi connectivity index (χ4n) is 7.63. The van der Waals surface area contributed by atoms with Crippen molar-refractivity contribution in [3.8, 4) is 11.3 Å². The molecule has 2 aliphatic heterocycles. The van der Waals surface area contributed by atoms with E-state index >= 15 is 0 Å². The number of hydrogen-bond acceptors (Lipinski definition) is 7. The molecule has 0 radical (unpaired) electrons. The molecule has 1 aromatic carbocycles. The van der Waals surface area contributed by atoms with E-state index in [1.54, 1.807) is 22.0 Å². The minimum Gasteiger partial charge on any atom is -0.327 e. The molecule has 2 aromatic heterocycles. The summed E-state index contributed by atoms with van der Waals surface area (Å²) in [6, 6.07) is 3.50. The molecule has 3 atom stereocenters. The standard InChI is InChI=1S/C35H43N5O4/c1-6-28(42)27-16-35-13-11-30(43)34(4,5)12-9-7-8-10-23-14-24(26-19-36-21(2)18-37-26)15-25-32(22(3)41)38-39(33(23)25)20-31(44)40(27)29(35)17-35/h14-15,18-19,27,29H,6-13,16-17,20H2,1-5H3/t27-,29+,35-/m0/s1. The van der Waals surface area contributed by atoms with E-state index in [0.29, 0.717) is 42.5 Å². The van der Waals surface area contributed by atoms with Gasteiger partial charge in [0.25, 0.3) is 0 Å². The molecule has 44 heavy (non-hydrogen) atoms. The molecule has 9 heteroatoms. The van der Waals surface area contributed by atoms with Gasteiger partial charge < -0.3 is 4.90 Å². The van der Waals surface area contributed by atoms with E-state index in [9.17, 15) is 19.2 Å². The number of amides is 1. The Morgan fingerprint density at radius 3 is 2.50 bits per heavy atom. The molecule has 0 spiro atoms. The van der Waals surface area contributed by atoms with Crippen LogP contribution in [0.3, 0.4) is 0 Å². The minimum atomic E-state index is -0.478. The van der Waals surface area contributed by atoms with Crippen LogP contribution in [0.25, 0.3) is 22.2 Å². The molecule has 6 rings (SSSR count). The van der Waals surface area contributed by atoms with E-state index in [4.69, 9.17) is 5.10 Å². The molecule has 1 saturated heterocycles. The van der Waals surface area contributed by atoms with Gasteiger partial charge >= 0.3 is 0 Å². The third kappa shape index (κ3) is 5.39. The second kappa shape index (κ2) is 11.3. The molecule has 1 saturated carbocycles. The molecule has 1 amide bonds. The number of ketones is 3. The van der Waals surface area contributed by atoms with Gasteiger partial charge in [-0.2, -0.15) is 5.10 Å². The Balaban J connectivity index is 1.45. The fourth-order valence-corrected chi connectivity index (χ4v) is 7.63. The van der Waals surface area contributed by atoms with Crippen LogP contribution in [0.15, 0.2) is 24.5 Å². The molecule has 4 heterocycles. The van der Waals surface area contributed by atoms with Gasteiger partial charge in [0.05, 0.1) is 29.1 Å². The van der Waals surface area contributed by atoms with E-state index in [1.165, 1.54) is 6.92 Å². The third-order valence-corrected chi connectivity index (χ3v) is 10.4. The second-order valence-electron chi connectivity index (χ2n) is 13.9. The lowest BCUT2D eigenvalue weighted by molar-refractivity contribution is -0.139. The van der Waals surface area contributed by atoms with Crippen LogP contribution < -0.4 is 0 Å². The van der Waals surface area contributed by atoms with Crippen LogP contribution in [0, 0.1) is 17.8 Å². The van der Waals surface area contributed by atoms with Crippen molar-refractivity contribution in [2.45, 2.75) is 117 Å². The summed E-state index contributed by atoms with van der Waals surface area (Å²) >= 11 is 0. The lowest BCUT2D eigenvalue weighted by atomic mass is 9.79. The van der Waals surface area contributed by atoms with Crippen molar-refractivity contribution in [3.63, 3.8) is 0 Å². The molecule has 1 aliphatic carbocycles. The molecule has 3 aliphatic rings. The number of carbonyl (C=O) groups is 4. The maximum atomic E-state index is 14.1. The lowest BCUT2D eigenvalue weighted by Crippen LogP contribution is -2.44. The Morgan fingerprint density at radius 1 is 1.00 bits per heavy atom. The van der Waals surface area contributed by atoms with Crippen molar-refractivity contribution in [1.29, 1.82) is 0 Å². The predicted octanol–water partition coefficient (Wildman–Crippen LogP) is 5.84. The number of piperidine rings is 1. The van der Waals surface area contributed by atoms with Gasteiger partial charge in [0, 0.05) is 48.4 Å².